The molecule has 0 radical (unpaired) electrons. The van der Waals surface area contributed by atoms with Gasteiger partial charge in [-0.3, -0.25) is 4.79 Å². The summed E-state index contributed by atoms with van der Waals surface area (Å²) in [6, 6.07) is -0.229. The van der Waals surface area contributed by atoms with Gasteiger partial charge in [0, 0.05) is 18.6 Å². The molecule has 0 aromatic heterocycles. The summed E-state index contributed by atoms with van der Waals surface area (Å²) >= 11 is 0. The number of rotatable bonds is 5. The maximum Gasteiger partial charge on any atom is 0.237 e. The average molecular weight is 242 g/mol. The van der Waals surface area contributed by atoms with E-state index in [2.05, 4.69) is 19.2 Å². The van der Waals surface area contributed by atoms with Crippen LogP contribution >= 0.6 is 0 Å². The van der Waals surface area contributed by atoms with Crippen LogP contribution in [0.2, 0.25) is 0 Å². The Hall–Kier alpha value is -0.610. The molecule has 1 fully saturated rings. The van der Waals surface area contributed by atoms with Crippen LogP contribution < -0.4 is 11.1 Å². The lowest BCUT2D eigenvalue weighted by atomic mass is 9.64. The minimum absolute atomic E-state index is 0.000414. The van der Waals surface area contributed by atoms with E-state index in [-0.39, 0.29) is 29.4 Å². The van der Waals surface area contributed by atoms with Crippen molar-refractivity contribution in [2.45, 2.75) is 58.7 Å². The number of methoxy groups -OCH3 is 1. The molecule has 3 N–H and O–H groups in total. The molecule has 1 rings (SSSR count). The van der Waals surface area contributed by atoms with Crippen molar-refractivity contribution in [1.82, 2.24) is 5.32 Å². The van der Waals surface area contributed by atoms with Crippen LogP contribution in [0.25, 0.3) is 0 Å². The Balaban J connectivity index is 2.49. The molecule has 0 heterocycles. The molecule has 17 heavy (non-hydrogen) atoms. The minimum Gasteiger partial charge on any atom is -0.381 e. The second-order valence-corrected chi connectivity index (χ2v) is 5.75. The van der Waals surface area contributed by atoms with Gasteiger partial charge in [0.25, 0.3) is 0 Å². The molecule has 1 saturated carbocycles. The summed E-state index contributed by atoms with van der Waals surface area (Å²) < 4.78 is 5.36. The van der Waals surface area contributed by atoms with Gasteiger partial charge in [0.05, 0.1) is 12.1 Å². The molecular formula is C13H26N2O2. The highest BCUT2D eigenvalue weighted by atomic mass is 16.5. The number of hydrogen-bond acceptors (Lipinski definition) is 3. The van der Waals surface area contributed by atoms with Gasteiger partial charge in [-0.15, -0.1) is 0 Å². The first-order valence-electron chi connectivity index (χ1n) is 6.43. The first-order chi connectivity index (χ1) is 7.84. The van der Waals surface area contributed by atoms with E-state index in [1.165, 1.54) is 0 Å². The van der Waals surface area contributed by atoms with Gasteiger partial charge in [0.15, 0.2) is 0 Å². The molecule has 0 aromatic carbocycles. The number of carbonyl (C=O) groups excluding carboxylic acids is 1. The van der Waals surface area contributed by atoms with Crippen molar-refractivity contribution in [2.24, 2.45) is 17.1 Å². The van der Waals surface area contributed by atoms with Gasteiger partial charge in [0.1, 0.15) is 0 Å². The topological polar surface area (TPSA) is 64.4 Å². The van der Waals surface area contributed by atoms with Gasteiger partial charge < -0.3 is 15.8 Å². The Morgan fingerprint density at radius 3 is 2.59 bits per heavy atom. The van der Waals surface area contributed by atoms with E-state index >= 15 is 0 Å². The first-order valence-corrected chi connectivity index (χ1v) is 6.43. The Morgan fingerprint density at radius 1 is 1.59 bits per heavy atom. The fraction of sp³-hybridized carbons (Fsp3) is 0.923. The number of hydrogen-bond donors (Lipinski definition) is 2. The van der Waals surface area contributed by atoms with Crippen LogP contribution in [0.4, 0.5) is 0 Å². The number of nitrogens with two attached hydrogens (primary N) is 1. The molecular weight excluding hydrogens is 216 g/mol. The number of nitrogens with one attached hydrogen (secondary N) is 1. The molecule has 0 aromatic rings. The standard InChI is InChI=1S/C13H26N2O2/c1-6-8(2)11(14)12(16)15-9-7-10(17-5)13(9,3)4/h8-11H,6-7,14H2,1-5H3,(H,15,16)/t8?,9?,10?,11-/m0/s1. The summed E-state index contributed by atoms with van der Waals surface area (Å²) in [4.78, 5) is 12.0. The van der Waals surface area contributed by atoms with Crippen molar-refractivity contribution in [3.8, 4) is 0 Å². The summed E-state index contributed by atoms with van der Waals surface area (Å²) in [6.45, 7) is 8.29. The normalized spacial score (nSPS) is 30.2. The van der Waals surface area contributed by atoms with Crippen LogP contribution in [0.1, 0.15) is 40.5 Å². The second-order valence-electron chi connectivity index (χ2n) is 5.75. The molecule has 1 amide bonds. The van der Waals surface area contributed by atoms with E-state index in [4.69, 9.17) is 10.5 Å². The Bertz CT molecular complexity index is 279. The monoisotopic (exact) mass is 242 g/mol. The summed E-state index contributed by atoms with van der Waals surface area (Å²) in [5.41, 5.74) is 5.91. The van der Waals surface area contributed by atoms with Gasteiger partial charge in [-0.05, 0) is 12.3 Å². The molecule has 100 valence electrons. The summed E-state index contributed by atoms with van der Waals surface area (Å²) in [7, 11) is 1.72. The van der Waals surface area contributed by atoms with Gasteiger partial charge in [0.2, 0.25) is 5.91 Å². The fourth-order valence-corrected chi connectivity index (χ4v) is 2.31. The van der Waals surface area contributed by atoms with E-state index < -0.39 is 6.04 Å². The maximum atomic E-state index is 12.0. The summed E-state index contributed by atoms with van der Waals surface area (Å²) in [5.74, 6) is 0.184. The van der Waals surface area contributed by atoms with Crippen molar-refractivity contribution in [3.63, 3.8) is 0 Å². The van der Waals surface area contributed by atoms with E-state index in [1.54, 1.807) is 7.11 Å². The van der Waals surface area contributed by atoms with Crippen molar-refractivity contribution in [1.29, 1.82) is 0 Å². The minimum atomic E-state index is -0.405. The zero-order valence-electron chi connectivity index (χ0n) is 11.6. The van der Waals surface area contributed by atoms with Gasteiger partial charge in [-0.2, -0.15) is 0 Å². The Kier molecular flexibility index (Phi) is 4.55. The highest BCUT2D eigenvalue weighted by Crippen LogP contribution is 2.42. The fourth-order valence-electron chi connectivity index (χ4n) is 2.31. The third-order valence-electron chi connectivity index (χ3n) is 4.34. The van der Waals surface area contributed by atoms with Crippen molar-refractivity contribution >= 4 is 5.91 Å². The van der Waals surface area contributed by atoms with E-state index in [0.717, 1.165) is 12.8 Å². The van der Waals surface area contributed by atoms with Crippen LogP contribution in [0, 0.1) is 11.3 Å². The van der Waals surface area contributed by atoms with Gasteiger partial charge >= 0.3 is 0 Å². The zero-order valence-corrected chi connectivity index (χ0v) is 11.6. The van der Waals surface area contributed by atoms with Crippen LogP contribution in [0.15, 0.2) is 0 Å². The highest BCUT2D eigenvalue weighted by molar-refractivity contribution is 5.82. The van der Waals surface area contributed by atoms with E-state index in [1.807, 2.05) is 13.8 Å². The van der Waals surface area contributed by atoms with Crippen LogP contribution in [0.5, 0.6) is 0 Å². The molecule has 0 saturated heterocycles. The predicted octanol–water partition coefficient (Wildman–Crippen LogP) is 1.29. The molecule has 1 aliphatic carbocycles. The zero-order chi connectivity index (χ0) is 13.2. The van der Waals surface area contributed by atoms with Crippen molar-refractivity contribution in [3.05, 3.63) is 0 Å². The van der Waals surface area contributed by atoms with Crippen LogP contribution in [-0.4, -0.2) is 31.2 Å². The van der Waals surface area contributed by atoms with Gasteiger partial charge in [-0.25, -0.2) is 0 Å². The van der Waals surface area contributed by atoms with E-state index in [9.17, 15) is 4.79 Å². The summed E-state index contributed by atoms with van der Waals surface area (Å²) in [6.07, 6.45) is 2.03. The molecule has 4 heteroatoms. The first kappa shape index (κ1) is 14.5. The lowest BCUT2D eigenvalue weighted by Gasteiger charge is -2.51. The van der Waals surface area contributed by atoms with Gasteiger partial charge in [-0.1, -0.05) is 34.1 Å². The molecule has 0 spiro atoms. The Morgan fingerprint density at radius 2 is 2.18 bits per heavy atom. The lowest BCUT2D eigenvalue weighted by molar-refractivity contribution is -0.134. The van der Waals surface area contributed by atoms with Crippen LogP contribution in [0.3, 0.4) is 0 Å². The highest BCUT2D eigenvalue weighted by Gasteiger charge is 2.49. The summed E-state index contributed by atoms with van der Waals surface area (Å²) in [5, 5.41) is 3.04. The predicted molar refractivity (Wildman–Crippen MR) is 68.6 cm³/mol. The van der Waals surface area contributed by atoms with Crippen molar-refractivity contribution in [2.75, 3.05) is 7.11 Å². The second kappa shape index (κ2) is 5.36. The molecule has 4 nitrogen and oxygen atoms in total. The molecule has 0 aliphatic heterocycles. The van der Waals surface area contributed by atoms with E-state index in [0.29, 0.717) is 0 Å². The molecule has 0 bridgehead atoms. The molecule has 4 atom stereocenters. The molecule has 3 unspecified atom stereocenters. The van der Waals surface area contributed by atoms with Crippen molar-refractivity contribution < 1.29 is 9.53 Å². The maximum absolute atomic E-state index is 12.0. The number of carbonyl (C=O) groups is 1. The van der Waals surface area contributed by atoms with Crippen LogP contribution in [-0.2, 0) is 9.53 Å². The smallest absolute Gasteiger partial charge is 0.237 e. The molecule has 1 aliphatic rings. The third-order valence-corrected chi connectivity index (χ3v) is 4.34. The largest absolute Gasteiger partial charge is 0.381 e. The average Bonchev–Trinajstić information content (AvgIpc) is 2.31. The number of amides is 1. The Labute approximate surface area is 104 Å². The third kappa shape index (κ3) is 2.80. The SMILES string of the molecule is CCC(C)[C@H](N)C(=O)NC1CC(OC)C1(C)C. The number of ether oxygens (including phenoxy) is 1. The lowest BCUT2D eigenvalue weighted by Crippen LogP contribution is -2.63. The quantitative estimate of drug-likeness (QED) is 0.763.